The van der Waals surface area contributed by atoms with E-state index in [1.54, 1.807) is 11.8 Å². The highest BCUT2D eigenvalue weighted by molar-refractivity contribution is 8.04. The maximum absolute atomic E-state index is 13.2. The number of hydrogen-bond acceptors (Lipinski definition) is 7. The number of aliphatic hydroxyl groups is 1. The summed E-state index contributed by atoms with van der Waals surface area (Å²) in [5.74, 6) is 0.587. The van der Waals surface area contributed by atoms with Crippen LogP contribution in [0.3, 0.4) is 0 Å². The van der Waals surface area contributed by atoms with Crippen molar-refractivity contribution < 1.29 is 28.9 Å². The van der Waals surface area contributed by atoms with Gasteiger partial charge >= 0.3 is 5.97 Å². The summed E-state index contributed by atoms with van der Waals surface area (Å²) in [4.78, 5) is 25.3. The average molecular weight is 523 g/mol. The first-order valence-corrected chi connectivity index (χ1v) is 15.1. The Morgan fingerprint density at radius 2 is 1.94 bits per heavy atom. The summed E-state index contributed by atoms with van der Waals surface area (Å²) < 4.78 is 17.1. The summed E-state index contributed by atoms with van der Waals surface area (Å²) in [7, 11) is 1.40. The molecule has 2 fully saturated rings. The van der Waals surface area contributed by atoms with Crippen LogP contribution >= 0.6 is 11.8 Å². The molecule has 36 heavy (non-hydrogen) atoms. The molecule has 5 atom stereocenters. The van der Waals surface area contributed by atoms with E-state index in [1.165, 1.54) is 26.4 Å². The SMILES string of the molecule is CCSC1=CC(C=CC(OC2CCCCO2)C2CCCCC2)C(C(O)CCCCCC(=O)OC)C1=O. The van der Waals surface area contributed by atoms with Crippen LogP contribution in [0.15, 0.2) is 23.1 Å². The molecule has 3 rings (SSSR count). The van der Waals surface area contributed by atoms with E-state index < -0.39 is 12.0 Å². The number of methoxy groups -OCH3 is 1. The van der Waals surface area contributed by atoms with Gasteiger partial charge in [0.05, 0.1) is 25.2 Å². The highest BCUT2D eigenvalue weighted by atomic mass is 32.2. The minimum Gasteiger partial charge on any atom is -0.469 e. The lowest BCUT2D eigenvalue weighted by Crippen LogP contribution is -2.33. The first-order valence-electron chi connectivity index (χ1n) is 14.1. The van der Waals surface area contributed by atoms with Crippen LogP contribution in [0.25, 0.3) is 0 Å². The normalized spacial score (nSPS) is 27.2. The number of aliphatic hydroxyl groups excluding tert-OH is 1. The second-order valence-electron chi connectivity index (χ2n) is 10.4. The van der Waals surface area contributed by atoms with E-state index >= 15 is 0 Å². The van der Waals surface area contributed by atoms with Crippen molar-refractivity contribution in [2.75, 3.05) is 19.5 Å². The van der Waals surface area contributed by atoms with E-state index in [4.69, 9.17) is 14.2 Å². The van der Waals surface area contributed by atoms with Crippen LogP contribution in [0.2, 0.25) is 0 Å². The molecule has 7 heteroatoms. The Hall–Kier alpha value is -1.15. The number of ether oxygens (including phenoxy) is 3. The molecule has 3 aliphatic rings. The molecule has 6 nitrogen and oxygen atoms in total. The minimum absolute atomic E-state index is 0.0177. The largest absolute Gasteiger partial charge is 0.469 e. The zero-order valence-corrected chi connectivity index (χ0v) is 23.0. The van der Waals surface area contributed by atoms with Crippen LogP contribution in [-0.4, -0.2) is 54.8 Å². The summed E-state index contributed by atoms with van der Waals surface area (Å²) in [6, 6.07) is 0. The van der Waals surface area contributed by atoms with Crippen molar-refractivity contribution in [2.24, 2.45) is 17.8 Å². The van der Waals surface area contributed by atoms with Gasteiger partial charge in [-0.3, -0.25) is 9.59 Å². The Morgan fingerprint density at radius 3 is 2.64 bits per heavy atom. The van der Waals surface area contributed by atoms with Crippen LogP contribution in [0, 0.1) is 17.8 Å². The van der Waals surface area contributed by atoms with Crippen molar-refractivity contribution >= 4 is 23.5 Å². The Labute approximate surface area is 221 Å². The lowest BCUT2D eigenvalue weighted by molar-refractivity contribution is -0.189. The molecule has 0 aromatic rings. The van der Waals surface area contributed by atoms with E-state index in [-0.39, 0.29) is 30.1 Å². The van der Waals surface area contributed by atoms with Gasteiger partial charge in [0.1, 0.15) is 0 Å². The third kappa shape index (κ3) is 9.00. The number of unbranched alkanes of at least 4 members (excludes halogenated alkanes) is 2. The van der Waals surface area contributed by atoms with E-state index in [9.17, 15) is 14.7 Å². The fourth-order valence-corrected chi connectivity index (χ4v) is 6.51. The second-order valence-corrected chi connectivity index (χ2v) is 11.7. The maximum atomic E-state index is 13.2. The Bertz CT molecular complexity index is 738. The molecule has 5 unspecified atom stereocenters. The molecule has 0 amide bonds. The first kappa shape index (κ1) is 29.4. The zero-order valence-electron chi connectivity index (χ0n) is 22.2. The quantitative estimate of drug-likeness (QED) is 0.171. The van der Waals surface area contributed by atoms with Gasteiger partial charge in [0.15, 0.2) is 12.1 Å². The number of hydrogen-bond donors (Lipinski definition) is 1. The molecule has 1 heterocycles. The maximum Gasteiger partial charge on any atom is 0.305 e. The lowest BCUT2D eigenvalue weighted by Gasteiger charge is -2.33. The molecule has 0 radical (unpaired) electrons. The van der Waals surface area contributed by atoms with Crippen LogP contribution in [0.5, 0.6) is 0 Å². The molecule has 2 aliphatic carbocycles. The number of carbonyl (C=O) groups is 2. The van der Waals surface area contributed by atoms with Crippen molar-refractivity contribution in [1.82, 2.24) is 0 Å². The number of Topliss-reactive ketones (excluding diaryl/α,β-unsaturated/α-hetero) is 1. The number of thioether (sulfide) groups is 1. The highest BCUT2D eigenvalue weighted by Gasteiger charge is 2.39. The molecule has 1 saturated heterocycles. The van der Waals surface area contributed by atoms with Crippen LogP contribution in [0.4, 0.5) is 0 Å². The van der Waals surface area contributed by atoms with Crippen molar-refractivity contribution in [2.45, 2.75) is 109 Å². The molecule has 1 aliphatic heterocycles. The fraction of sp³-hybridized carbons (Fsp3) is 0.793. The van der Waals surface area contributed by atoms with Crippen molar-refractivity contribution in [3.8, 4) is 0 Å². The monoisotopic (exact) mass is 522 g/mol. The van der Waals surface area contributed by atoms with Crippen LogP contribution in [-0.2, 0) is 23.8 Å². The smallest absolute Gasteiger partial charge is 0.305 e. The molecular formula is C29H46O6S. The van der Waals surface area contributed by atoms with Gasteiger partial charge in [-0.1, -0.05) is 57.3 Å². The Morgan fingerprint density at radius 1 is 1.17 bits per heavy atom. The van der Waals surface area contributed by atoms with Gasteiger partial charge < -0.3 is 19.3 Å². The predicted octanol–water partition coefficient (Wildman–Crippen LogP) is 5.97. The molecular weight excluding hydrogens is 476 g/mol. The van der Waals surface area contributed by atoms with Gasteiger partial charge in [-0.05, 0) is 56.6 Å². The van der Waals surface area contributed by atoms with Gasteiger partial charge in [0, 0.05) is 23.9 Å². The molecule has 1 saturated carbocycles. The van der Waals surface area contributed by atoms with E-state index in [1.807, 2.05) is 13.0 Å². The van der Waals surface area contributed by atoms with Crippen LogP contribution in [0.1, 0.15) is 90.4 Å². The molecule has 0 aromatic heterocycles. The summed E-state index contributed by atoms with van der Waals surface area (Å²) in [5, 5.41) is 11.1. The summed E-state index contributed by atoms with van der Waals surface area (Å²) in [6.45, 7) is 2.81. The number of rotatable bonds is 14. The zero-order chi connectivity index (χ0) is 25.8. The molecule has 1 N–H and O–H groups in total. The number of esters is 1. The lowest BCUT2D eigenvalue weighted by atomic mass is 9.83. The third-order valence-corrected chi connectivity index (χ3v) is 8.65. The number of allylic oxidation sites excluding steroid dienone is 3. The van der Waals surface area contributed by atoms with Gasteiger partial charge in [-0.15, -0.1) is 11.8 Å². The van der Waals surface area contributed by atoms with Crippen molar-refractivity contribution in [1.29, 1.82) is 0 Å². The minimum atomic E-state index is -0.702. The topological polar surface area (TPSA) is 82.1 Å². The van der Waals surface area contributed by atoms with Crippen molar-refractivity contribution in [3.05, 3.63) is 23.1 Å². The van der Waals surface area contributed by atoms with Crippen LogP contribution < -0.4 is 0 Å². The summed E-state index contributed by atoms with van der Waals surface area (Å²) >= 11 is 1.56. The van der Waals surface area contributed by atoms with Gasteiger partial charge in [-0.25, -0.2) is 0 Å². The molecule has 0 spiro atoms. The van der Waals surface area contributed by atoms with E-state index in [0.29, 0.717) is 18.8 Å². The van der Waals surface area contributed by atoms with Gasteiger partial charge in [0.2, 0.25) is 0 Å². The molecule has 204 valence electrons. The van der Waals surface area contributed by atoms with E-state index in [2.05, 4.69) is 12.2 Å². The van der Waals surface area contributed by atoms with E-state index in [0.717, 1.165) is 68.6 Å². The second kappa shape index (κ2) is 16.0. The predicted molar refractivity (Wildman–Crippen MR) is 143 cm³/mol. The standard InChI is InChI=1S/C29H46O6S/c1-3-36-25-20-22(28(29(25)32)23(30)14-8-5-9-15-26(31)33-2)17-18-24(21-12-6-4-7-13-21)35-27-16-10-11-19-34-27/h17-18,20-24,27-28,30H,3-16,19H2,1-2H3. The Kier molecular flexibility index (Phi) is 13.0. The number of carbonyl (C=O) groups excluding carboxylic acids is 2. The fourth-order valence-electron chi connectivity index (χ4n) is 5.67. The summed E-state index contributed by atoms with van der Waals surface area (Å²) in [5.41, 5.74) is 0. The van der Waals surface area contributed by atoms with Crippen molar-refractivity contribution in [3.63, 3.8) is 0 Å². The first-order chi connectivity index (χ1) is 17.5. The molecule has 0 aromatic carbocycles. The third-order valence-electron chi connectivity index (χ3n) is 7.71. The Balaban J connectivity index is 1.65. The van der Waals surface area contributed by atoms with Gasteiger partial charge in [0.25, 0.3) is 0 Å². The average Bonchev–Trinajstić information content (AvgIpc) is 3.22. The van der Waals surface area contributed by atoms with Gasteiger partial charge in [-0.2, -0.15) is 0 Å². The highest BCUT2D eigenvalue weighted by Crippen LogP contribution is 2.39. The number of ketones is 1. The summed E-state index contributed by atoms with van der Waals surface area (Å²) in [6.07, 6.45) is 18.0. The molecule has 0 bridgehead atoms.